The number of aromatic nitrogens is 2. The normalized spacial score (nSPS) is 9.85. The van der Waals surface area contributed by atoms with Crippen LogP contribution in [0.2, 0.25) is 5.02 Å². The predicted octanol–water partition coefficient (Wildman–Crippen LogP) is 2.47. The number of hydrogen-bond donors (Lipinski definition) is 3. The Hall–Kier alpha value is -2.67. The van der Waals surface area contributed by atoms with E-state index < -0.39 is 12.0 Å². The molecule has 0 spiro atoms. The smallest absolute Gasteiger partial charge is 0.335 e. The molecule has 2 aromatic rings. The molecule has 2 rings (SSSR count). The molecule has 20 heavy (non-hydrogen) atoms. The highest BCUT2D eigenvalue weighted by Crippen LogP contribution is 2.23. The molecular weight excluding hydrogens is 284 g/mol. The molecule has 2 amide bonds. The standard InChI is InChI=1S/C12H9ClN4O3/c13-8-2-1-7(11(18)19)5-9(8)16-12(20)17-10-6-14-3-4-15-10/h1-6H,(H,18,19)(H2,15,16,17,20). The lowest BCUT2D eigenvalue weighted by Crippen LogP contribution is -2.20. The van der Waals surface area contributed by atoms with Gasteiger partial charge in [0.1, 0.15) is 0 Å². The third-order valence-corrected chi connectivity index (χ3v) is 2.60. The average molecular weight is 293 g/mol. The second-order valence-corrected chi connectivity index (χ2v) is 4.08. The van der Waals surface area contributed by atoms with E-state index in [0.29, 0.717) is 0 Å². The number of rotatable bonds is 3. The van der Waals surface area contributed by atoms with Crippen LogP contribution in [0.15, 0.2) is 36.8 Å². The molecule has 8 heteroatoms. The van der Waals surface area contributed by atoms with Gasteiger partial charge >= 0.3 is 12.0 Å². The fourth-order valence-electron chi connectivity index (χ4n) is 1.39. The second-order valence-electron chi connectivity index (χ2n) is 3.67. The summed E-state index contributed by atoms with van der Waals surface area (Å²) >= 11 is 5.88. The number of nitrogens with zero attached hydrogens (tertiary/aromatic N) is 2. The lowest BCUT2D eigenvalue weighted by atomic mass is 10.2. The minimum atomic E-state index is -1.11. The van der Waals surface area contributed by atoms with Gasteiger partial charge in [0.2, 0.25) is 0 Å². The van der Waals surface area contributed by atoms with Crippen LogP contribution in [-0.4, -0.2) is 27.1 Å². The number of carboxylic acids is 1. The lowest BCUT2D eigenvalue weighted by molar-refractivity contribution is 0.0697. The van der Waals surface area contributed by atoms with E-state index in [1.165, 1.54) is 36.8 Å². The molecule has 1 aromatic carbocycles. The monoisotopic (exact) mass is 292 g/mol. The number of urea groups is 1. The molecule has 7 nitrogen and oxygen atoms in total. The Bertz CT molecular complexity index is 648. The number of halogens is 1. The minimum Gasteiger partial charge on any atom is -0.478 e. The van der Waals surface area contributed by atoms with Crippen LogP contribution in [-0.2, 0) is 0 Å². The number of benzene rings is 1. The zero-order valence-corrected chi connectivity index (χ0v) is 10.8. The zero-order valence-electron chi connectivity index (χ0n) is 10.0. The number of carbonyl (C=O) groups is 2. The Morgan fingerprint density at radius 2 is 2.00 bits per heavy atom. The van der Waals surface area contributed by atoms with Crippen LogP contribution in [0.4, 0.5) is 16.3 Å². The van der Waals surface area contributed by atoms with Crippen molar-refractivity contribution in [3.8, 4) is 0 Å². The van der Waals surface area contributed by atoms with Crippen molar-refractivity contribution in [3.63, 3.8) is 0 Å². The molecule has 102 valence electrons. The van der Waals surface area contributed by atoms with Crippen LogP contribution in [0, 0.1) is 0 Å². The highest BCUT2D eigenvalue weighted by Gasteiger charge is 2.10. The van der Waals surface area contributed by atoms with Gasteiger partial charge in [-0.25, -0.2) is 14.6 Å². The van der Waals surface area contributed by atoms with Gasteiger partial charge in [0.25, 0.3) is 0 Å². The van der Waals surface area contributed by atoms with Crippen molar-refractivity contribution in [1.29, 1.82) is 0 Å². The van der Waals surface area contributed by atoms with E-state index in [4.69, 9.17) is 16.7 Å². The summed E-state index contributed by atoms with van der Waals surface area (Å²) in [6.45, 7) is 0. The van der Waals surface area contributed by atoms with E-state index in [-0.39, 0.29) is 22.1 Å². The number of carbonyl (C=O) groups excluding carboxylic acids is 1. The maximum Gasteiger partial charge on any atom is 0.335 e. The maximum absolute atomic E-state index is 11.7. The summed E-state index contributed by atoms with van der Waals surface area (Å²) in [6, 6.07) is 3.40. The third-order valence-electron chi connectivity index (χ3n) is 2.27. The van der Waals surface area contributed by atoms with Crippen LogP contribution < -0.4 is 10.6 Å². The van der Waals surface area contributed by atoms with Gasteiger partial charge in [-0.05, 0) is 18.2 Å². The van der Waals surface area contributed by atoms with Crippen molar-refractivity contribution in [2.75, 3.05) is 10.6 Å². The van der Waals surface area contributed by atoms with Crippen LogP contribution in [0.25, 0.3) is 0 Å². The molecule has 0 aliphatic rings. The number of aromatic carboxylic acids is 1. The summed E-state index contributed by atoms with van der Waals surface area (Å²) in [5.74, 6) is -0.852. The minimum absolute atomic E-state index is 0.0178. The van der Waals surface area contributed by atoms with E-state index in [9.17, 15) is 9.59 Å². The molecule has 3 N–H and O–H groups in total. The van der Waals surface area contributed by atoms with Gasteiger partial charge in [-0.2, -0.15) is 0 Å². The van der Waals surface area contributed by atoms with Crippen LogP contribution in [0.3, 0.4) is 0 Å². The van der Waals surface area contributed by atoms with Crippen molar-refractivity contribution in [3.05, 3.63) is 47.4 Å². The van der Waals surface area contributed by atoms with E-state index in [1.54, 1.807) is 0 Å². The molecule has 0 aliphatic heterocycles. The van der Waals surface area contributed by atoms with Gasteiger partial charge in [0, 0.05) is 12.4 Å². The van der Waals surface area contributed by atoms with Gasteiger partial charge in [-0.1, -0.05) is 11.6 Å². The topological polar surface area (TPSA) is 104 Å². The molecule has 0 saturated carbocycles. The van der Waals surface area contributed by atoms with Crippen LogP contribution >= 0.6 is 11.6 Å². The van der Waals surface area contributed by atoms with Crippen molar-refractivity contribution in [2.24, 2.45) is 0 Å². The predicted molar refractivity (Wildman–Crippen MR) is 73.1 cm³/mol. The molecule has 0 atom stereocenters. The molecule has 0 fully saturated rings. The van der Waals surface area contributed by atoms with Crippen molar-refractivity contribution >= 4 is 35.1 Å². The first-order valence-corrected chi connectivity index (χ1v) is 5.81. The fourth-order valence-corrected chi connectivity index (χ4v) is 1.55. The van der Waals surface area contributed by atoms with Gasteiger partial charge in [-0.15, -0.1) is 0 Å². The summed E-state index contributed by atoms with van der Waals surface area (Å²) in [6.07, 6.45) is 4.26. The first kappa shape index (κ1) is 13.8. The fraction of sp³-hybridized carbons (Fsp3) is 0. The number of amides is 2. The van der Waals surface area contributed by atoms with Crippen LogP contribution in [0.1, 0.15) is 10.4 Å². The second kappa shape index (κ2) is 5.98. The summed E-state index contributed by atoms with van der Waals surface area (Å²) < 4.78 is 0. The average Bonchev–Trinajstić information content (AvgIpc) is 2.42. The first-order chi connectivity index (χ1) is 9.56. The molecule has 0 unspecified atom stereocenters. The maximum atomic E-state index is 11.7. The van der Waals surface area contributed by atoms with Crippen molar-refractivity contribution in [2.45, 2.75) is 0 Å². The molecule has 0 saturated heterocycles. The van der Waals surface area contributed by atoms with E-state index >= 15 is 0 Å². The zero-order chi connectivity index (χ0) is 14.5. The largest absolute Gasteiger partial charge is 0.478 e. The Balaban J connectivity index is 2.11. The molecule has 0 aliphatic carbocycles. The van der Waals surface area contributed by atoms with Gasteiger partial charge < -0.3 is 10.4 Å². The highest BCUT2D eigenvalue weighted by atomic mass is 35.5. The molecule has 1 heterocycles. The SMILES string of the molecule is O=C(Nc1cnccn1)Nc1cc(C(=O)O)ccc1Cl. The third kappa shape index (κ3) is 3.42. The van der Waals surface area contributed by atoms with Crippen LogP contribution in [0.5, 0.6) is 0 Å². The Morgan fingerprint density at radius 1 is 1.20 bits per heavy atom. The number of nitrogens with one attached hydrogen (secondary N) is 2. The highest BCUT2D eigenvalue weighted by molar-refractivity contribution is 6.34. The summed E-state index contributed by atoms with van der Waals surface area (Å²) in [4.78, 5) is 30.2. The molecule has 1 aromatic heterocycles. The Labute approximate surface area is 118 Å². The molecule has 0 radical (unpaired) electrons. The van der Waals surface area contributed by atoms with E-state index in [0.717, 1.165) is 0 Å². The first-order valence-electron chi connectivity index (χ1n) is 5.43. The van der Waals surface area contributed by atoms with Gasteiger partial charge in [-0.3, -0.25) is 10.3 Å². The Morgan fingerprint density at radius 3 is 2.65 bits per heavy atom. The Kier molecular flexibility index (Phi) is 4.11. The molecular formula is C12H9ClN4O3. The summed E-state index contributed by atoms with van der Waals surface area (Å²) in [7, 11) is 0. The summed E-state index contributed by atoms with van der Waals surface area (Å²) in [5, 5.41) is 14.0. The number of hydrogen-bond acceptors (Lipinski definition) is 4. The molecule has 0 bridgehead atoms. The van der Waals surface area contributed by atoms with E-state index in [2.05, 4.69) is 20.6 Å². The summed E-state index contributed by atoms with van der Waals surface area (Å²) in [5.41, 5.74) is 0.206. The van der Waals surface area contributed by atoms with Gasteiger partial charge in [0.05, 0.1) is 22.5 Å². The van der Waals surface area contributed by atoms with E-state index in [1.807, 2.05) is 0 Å². The van der Waals surface area contributed by atoms with Crippen molar-refractivity contribution < 1.29 is 14.7 Å². The number of carboxylic acid groups (broad SMARTS) is 1. The quantitative estimate of drug-likeness (QED) is 0.806. The number of anilines is 2. The van der Waals surface area contributed by atoms with Crippen molar-refractivity contribution in [1.82, 2.24) is 9.97 Å². The van der Waals surface area contributed by atoms with Gasteiger partial charge in [0.15, 0.2) is 5.82 Å². The lowest BCUT2D eigenvalue weighted by Gasteiger charge is -2.09.